The summed E-state index contributed by atoms with van der Waals surface area (Å²) < 4.78 is 36.9. The van der Waals surface area contributed by atoms with Crippen molar-refractivity contribution in [2.45, 2.75) is 38.9 Å². The molecule has 0 bridgehead atoms. The second-order valence-corrected chi connectivity index (χ2v) is 7.72. The number of hydrogen-bond acceptors (Lipinski definition) is 5. The molecule has 1 saturated heterocycles. The molecular weight excluding hydrogens is 291 g/mol. The first-order valence-electron chi connectivity index (χ1n) is 6.59. The van der Waals surface area contributed by atoms with Crippen LogP contribution in [0.1, 0.15) is 27.7 Å². The van der Waals surface area contributed by atoms with E-state index >= 15 is 0 Å². The summed E-state index contributed by atoms with van der Waals surface area (Å²) in [6, 6.07) is 6.93. The van der Waals surface area contributed by atoms with E-state index in [0.29, 0.717) is 5.69 Å². The molecule has 0 spiro atoms. The van der Waals surface area contributed by atoms with Gasteiger partial charge in [-0.25, -0.2) is 8.42 Å². The summed E-state index contributed by atoms with van der Waals surface area (Å²) in [5.41, 5.74) is 0.520. The van der Waals surface area contributed by atoms with Gasteiger partial charge in [0.05, 0.1) is 23.1 Å². The third kappa shape index (κ3) is 3.69. The fourth-order valence-electron chi connectivity index (χ4n) is 1.80. The lowest BCUT2D eigenvalue weighted by atomic mass is 9.79. The number of sulfonamides is 1. The van der Waals surface area contributed by atoms with Gasteiger partial charge in [0.2, 0.25) is 0 Å². The molecule has 1 heterocycles. The summed E-state index contributed by atoms with van der Waals surface area (Å²) in [4.78, 5) is 0. The average molecular weight is 310 g/mol. The summed E-state index contributed by atoms with van der Waals surface area (Å²) in [6.45, 7) is 7.95. The van der Waals surface area contributed by atoms with Crippen LogP contribution in [0.5, 0.6) is 0 Å². The average Bonchev–Trinajstić information content (AvgIpc) is 2.56. The van der Waals surface area contributed by atoms with Gasteiger partial charge in [-0.1, -0.05) is 16.7 Å². The maximum Gasteiger partial charge on any atom is 0.494 e. The highest BCUT2D eigenvalue weighted by Crippen LogP contribution is 2.36. The molecule has 114 valence electrons. The monoisotopic (exact) mass is 310 g/mol. The van der Waals surface area contributed by atoms with Gasteiger partial charge in [-0.2, -0.15) is 0 Å². The second kappa shape index (κ2) is 5.19. The number of benzene rings is 1. The predicted molar refractivity (Wildman–Crippen MR) is 81.5 cm³/mol. The Morgan fingerprint density at radius 3 is 1.90 bits per heavy atom. The van der Waals surface area contributed by atoms with Gasteiger partial charge < -0.3 is 9.31 Å². The molecule has 2 rings (SSSR count). The zero-order chi connectivity index (χ0) is 15.9. The van der Waals surface area contributed by atoms with E-state index in [1.165, 1.54) is 0 Å². The topological polar surface area (TPSA) is 77.3 Å². The fraction of sp³-hybridized carbons (Fsp3) is 0.538. The van der Waals surface area contributed by atoms with Crippen LogP contribution >= 0.6 is 0 Å². The molecule has 0 aliphatic carbocycles. The Bertz CT molecular complexity index is 637. The van der Waals surface area contributed by atoms with E-state index in [4.69, 9.17) is 9.31 Å². The molecule has 0 unspecified atom stereocenters. The minimum absolute atomic E-state index is 0.396. The summed E-state index contributed by atoms with van der Waals surface area (Å²) in [5.74, 6) is 0. The zero-order valence-electron chi connectivity index (χ0n) is 12.8. The van der Waals surface area contributed by atoms with E-state index in [1.54, 1.807) is 24.3 Å². The molecular formula is C13H19BN2O4S. The molecule has 0 aromatic heterocycles. The Kier molecular flexibility index (Phi) is 3.99. The minimum Gasteiger partial charge on any atom is -0.399 e. The molecule has 1 aliphatic rings. The molecule has 1 aromatic rings. The largest absolute Gasteiger partial charge is 0.494 e. The van der Waals surface area contributed by atoms with Gasteiger partial charge in [-0.15, -0.1) is 5.11 Å². The van der Waals surface area contributed by atoms with E-state index in [1.807, 2.05) is 27.7 Å². The van der Waals surface area contributed by atoms with Crippen LogP contribution in [0.4, 0.5) is 5.69 Å². The van der Waals surface area contributed by atoms with Crippen molar-refractivity contribution in [1.82, 2.24) is 0 Å². The second-order valence-electron chi connectivity index (χ2n) is 6.09. The van der Waals surface area contributed by atoms with E-state index in [0.717, 1.165) is 11.7 Å². The van der Waals surface area contributed by atoms with Crippen LogP contribution in [0, 0.1) is 0 Å². The van der Waals surface area contributed by atoms with Crippen molar-refractivity contribution < 1.29 is 17.7 Å². The van der Waals surface area contributed by atoms with Crippen LogP contribution in [-0.2, 0) is 19.3 Å². The first-order chi connectivity index (χ1) is 9.50. The lowest BCUT2D eigenvalue weighted by Crippen LogP contribution is -2.41. The smallest absolute Gasteiger partial charge is 0.399 e. The van der Waals surface area contributed by atoms with Gasteiger partial charge >= 0.3 is 7.12 Å². The number of hydrogen-bond donors (Lipinski definition) is 0. The van der Waals surface area contributed by atoms with Crippen LogP contribution in [0.15, 0.2) is 33.9 Å². The molecule has 6 nitrogen and oxygen atoms in total. The molecule has 21 heavy (non-hydrogen) atoms. The Morgan fingerprint density at radius 2 is 1.48 bits per heavy atom. The van der Waals surface area contributed by atoms with Crippen molar-refractivity contribution in [3.8, 4) is 0 Å². The Morgan fingerprint density at radius 1 is 1.00 bits per heavy atom. The highest BCUT2D eigenvalue weighted by atomic mass is 32.2. The molecule has 0 atom stereocenters. The van der Waals surface area contributed by atoms with Crippen molar-refractivity contribution >= 4 is 28.3 Å². The number of rotatable bonds is 3. The molecule has 1 fully saturated rings. The Balaban J connectivity index is 2.16. The standard InChI is InChI=1S/C13H19BN2O4S/c1-12(2)13(3,4)20-14(19-12)10-6-8-11(9-7-10)15-16-21(5,17)18/h6-9H,1-5H3. The summed E-state index contributed by atoms with van der Waals surface area (Å²) >= 11 is 0. The summed E-state index contributed by atoms with van der Waals surface area (Å²) in [6.07, 6.45) is 0.995. The SMILES string of the molecule is CC1(C)OB(c2ccc(N=NS(C)(=O)=O)cc2)OC1(C)C. The van der Waals surface area contributed by atoms with E-state index in [-0.39, 0.29) is 0 Å². The minimum atomic E-state index is -3.47. The maximum atomic E-state index is 10.9. The highest BCUT2D eigenvalue weighted by molar-refractivity contribution is 7.89. The normalized spacial score (nSPS) is 21.1. The van der Waals surface area contributed by atoms with Gasteiger partial charge in [-0.3, -0.25) is 0 Å². The fourth-order valence-corrected chi connectivity index (χ4v) is 2.04. The van der Waals surface area contributed by atoms with Crippen LogP contribution in [0.25, 0.3) is 0 Å². The molecule has 1 aromatic carbocycles. The van der Waals surface area contributed by atoms with Gasteiger partial charge in [0.1, 0.15) is 0 Å². The van der Waals surface area contributed by atoms with Gasteiger partial charge in [0.15, 0.2) is 0 Å². The van der Waals surface area contributed by atoms with Crippen LogP contribution in [-0.4, -0.2) is 33.0 Å². The predicted octanol–water partition coefficient (Wildman–Crippen LogP) is 2.03. The Labute approximate surface area is 125 Å². The van der Waals surface area contributed by atoms with Gasteiger partial charge in [-0.05, 0) is 45.3 Å². The summed E-state index contributed by atoms with van der Waals surface area (Å²) in [7, 11) is -3.92. The first kappa shape index (κ1) is 16.1. The molecule has 1 aliphatic heterocycles. The van der Waals surface area contributed by atoms with E-state index in [9.17, 15) is 8.42 Å². The lowest BCUT2D eigenvalue weighted by Gasteiger charge is -2.32. The van der Waals surface area contributed by atoms with Crippen molar-refractivity contribution in [3.63, 3.8) is 0 Å². The molecule has 0 N–H and O–H groups in total. The van der Waals surface area contributed by atoms with Crippen LogP contribution in [0.2, 0.25) is 0 Å². The van der Waals surface area contributed by atoms with Crippen molar-refractivity contribution in [1.29, 1.82) is 0 Å². The van der Waals surface area contributed by atoms with Gasteiger partial charge in [0.25, 0.3) is 10.0 Å². The van der Waals surface area contributed by atoms with E-state index in [2.05, 4.69) is 9.63 Å². The molecule has 0 saturated carbocycles. The number of nitrogens with zero attached hydrogens (tertiary/aromatic N) is 2. The van der Waals surface area contributed by atoms with Gasteiger partial charge in [0, 0.05) is 0 Å². The maximum absolute atomic E-state index is 10.9. The molecule has 0 radical (unpaired) electrons. The van der Waals surface area contributed by atoms with Crippen LogP contribution in [0.3, 0.4) is 0 Å². The third-order valence-corrected chi connectivity index (χ3v) is 4.10. The summed E-state index contributed by atoms with van der Waals surface area (Å²) in [5, 5.41) is 3.66. The molecule has 8 heteroatoms. The van der Waals surface area contributed by atoms with Crippen molar-refractivity contribution in [2.75, 3.05) is 6.26 Å². The lowest BCUT2D eigenvalue weighted by molar-refractivity contribution is 0.00578. The van der Waals surface area contributed by atoms with Crippen molar-refractivity contribution in [2.24, 2.45) is 9.63 Å². The Hall–Kier alpha value is -1.25. The molecule has 0 amide bonds. The van der Waals surface area contributed by atoms with Crippen LogP contribution < -0.4 is 5.46 Å². The van der Waals surface area contributed by atoms with Crippen molar-refractivity contribution in [3.05, 3.63) is 24.3 Å². The highest BCUT2D eigenvalue weighted by Gasteiger charge is 2.51. The third-order valence-electron chi connectivity index (χ3n) is 3.72. The first-order valence-corrected chi connectivity index (χ1v) is 8.44. The quantitative estimate of drug-likeness (QED) is 0.632. The van der Waals surface area contributed by atoms with E-state index < -0.39 is 28.3 Å². The zero-order valence-corrected chi connectivity index (χ0v) is 13.6.